The number of alkyl halides is 3. The molecule has 0 amide bonds. The van der Waals surface area contributed by atoms with E-state index >= 15 is 0 Å². The molecule has 4 nitrogen and oxygen atoms in total. The molecule has 0 saturated carbocycles. The number of benzene rings is 2. The highest BCUT2D eigenvalue weighted by Crippen LogP contribution is 2.34. The summed E-state index contributed by atoms with van der Waals surface area (Å²) in [5.74, 6) is 0.211. The first-order valence-corrected chi connectivity index (χ1v) is 9.76. The molecule has 1 saturated heterocycles. The fourth-order valence-corrected chi connectivity index (χ4v) is 3.65. The molecule has 1 fully saturated rings. The van der Waals surface area contributed by atoms with Crippen LogP contribution in [0.3, 0.4) is 0 Å². The summed E-state index contributed by atoms with van der Waals surface area (Å²) in [5.41, 5.74) is 3.59. The van der Waals surface area contributed by atoms with Crippen molar-refractivity contribution in [3.05, 3.63) is 72.4 Å². The first-order valence-electron chi connectivity index (χ1n) is 9.76. The van der Waals surface area contributed by atoms with Gasteiger partial charge in [-0.2, -0.15) is 13.2 Å². The van der Waals surface area contributed by atoms with E-state index in [0.29, 0.717) is 6.54 Å². The van der Waals surface area contributed by atoms with Crippen molar-refractivity contribution in [2.75, 3.05) is 30.4 Å². The number of aromatic nitrogens is 1. The average Bonchev–Trinajstić information content (AvgIpc) is 3.22. The van der Waals surface area contributed by atoms with Crippen molar-refractivity contribution in [1.82, 2.24) is 4.98 Å². The van der Waals surface area contributed by atoms with Crippen LogP contribution in [-0.4, -0.2) is 31.2 Å². The second-order valence-corrected chi connectivity index (χ2v) is 7.21. The minimum Gasteiger partial charge on any atom is -0.472 e. The van der Waals surface area contributed by atoms with Gasteiger partial charge in [-0.05, 0) is 29.3 Å². The van der Waals surface area contributed by atoms with E-state index in [1.165, 1.54) is 6.07 Å². The summed E-state index contributed by atoms with van der Waals surface area (Å²) in [5, 5.41) is 3.27. The van der Waals surface area contributed by atoms with Crippen LogP contribution in [0.25, 0.3) is 11.1 Å². The van der Waals surface area contributed by atoms with Crippen molar-refractivity contribution in [2.24, 2.45) is 0 Å². The van der Waals surface area contributed by atoms with Gasteiger partial charge in [0.25, 0.3) is 0 Å². The molecule has 0 spiro atoms. The molecular weight excluding hydrogens is 391 g/mol. The largest absolute Gasteiger partial charge is 0.472 e. The van der Waals surface area contributed by atoms with Crippen LogP contribution in [0.2, 0.25) is 0 Å². The summed E-state index contributed by atoms with van der Waals surface area (Å²) < 4.78 is 43.9. The zero-order valence-corrected chi connectivity index (χ0v) is 16.5. The van der Waals surface area contributed by atoms with Gasteiger partial charge in [0.05, 0.1) is 23.5 Å². The fourth-order valence-electron chi connectivity index (χ4n) is 3.65. The van der Waals surface area contributed by atoms with Gasteiger partial charge in [0.1, 0.15) is 6.10 Å². The zero-order valence-electron chi connectivity index (χ0n) is 16.5. The van der Waals surface area contributed by atoms with Gasteiger partial charge in [-0.3, -0.25) is 0 Å². The fraction of sp³-hybridized carbons (Fsp3) is 0.261. The normalized spacial score (nSPS) is 16.5. The van der Waals surface area contributed by atoms with Gasteiger partial charge in [-0.1, -0.05) is 36.4 Å². The Bertz CT molecular complexity index is 991. The highest BCUT2D eigenvalue weighted by molar-refractivity contribution is 5.78. The van der Waals surface area contributed by atoms with Gasteiger partial charge in [0.2, 0.25) is 5.88 Å². The van der Waals surface area contributed by atoms with Crippen LogP contribution in [0.1, 0.15) is 12.0 Å². The number of anilines is 2. The van der Waals surface area contributed by atoms with Crippen molar-refractivity contribution in [3.63, 3.8) is 0 Å². The Labute approximate surface area is 173 Å². The van der Waals surface area contributed by atoms with E-state index in [2.05, 4.69) is 45.5 Å². The van der Waals surface area contributed by atoms with Crippen LogP contribution in [0.5, 0.6) is 5.88 Å². The molecule has 156 valence electrons. The molecule has 1 N–H and O–H groups in total. The molecule has 7 heteroatoms. The smallest absolute Gasteiger partial charge is 0.417 e. The summed E-state index contributed by atoms with van der Waals surface area (Å²) in [6.07, 6.45) is -2.95. The number of halogens is 3. The van der Waals surface area contributed by atoms with Crippen LogP contribution >= 0.6 is 0 Å². The second-order valence-electron chi connectivity index (χ2n) is 7.21. The Morgan fingerprint density at radius 2 is 1.83 bits per heavy atom. The van der Waals surface area contributed by atoms with Crippen molar-refractivity contribution in [2.45, 2.75) is 18.7 Å². The number of hydrogen-bond acceptors (Lipinski definition) is 4. The Hall–Kier alpha value is -3.22. The first-order chi connectivity index (χ1) is 14.4. The lowest BCUT2D eigenvalue weighted by atomic mass is 10.0. The molecule has 0 aliphatic carbocycles. The SMILES string of the molecule is CNc1cc(-c2ccccc2)ccc1N1CC[C@@H](Oc2ccc(C(F)(F)F)cn2)C1. The molecule has 30 heavy (non-hydrogen) atoms. The molecule has 0 radical (unpaired) electrons. The lowest BCUT2D eigenvalue weighted by Gasteiger charge is -2.23. The molecule has 2 aromatic carbocycles. The van der Waals surface area contributed by atoms with Gasteiger partial charge in [0, 0.05) is 32.3 Å². The third-order valence-electron chi connectivity index (χ3n) is 5.21. The number of rotatable bonds is 5. The molecule has 1 aliphatic rings. The van der Waals surface area contributed by atoms with Gasteiger partial charge in [-0.15, -0.1) is 0 Å². The number of nitrogens with zero attached hydrogens (tertiary/aromatic N) is 2. The molecule has 3 aromatic rings. The summed E-state index contributed by atoms with van der Waals surface area (Å²) in [6, 6.07) is 18.7. The maximum atomic E-state index is 12.7. The third kappa shape index (κ3) is 4.35. The molecule has 0 unspecified atom stereocenters. The predicted octanol–water partition coefficient (Wildman–Crippen LogP) is 5.47. The van der Waals surface area contributed by atoms with Gasteiger partial charge in [-0.25, -0.2) is 4.98 Å². The number of nitrogens with one attached hydrogen (secondary N) is 1. The van der Waals surface area contributed by atoms with E-state index in [1.807, 2.05) is 25.2 Å². The Kier molecular flexibility index (Phi) is 5.53. The van der Waals surface area contributed by atoms with Gasteiger partial charge < -0.3 is 15.0 Å². The zero-order chi connectivity index (χ0) is 21.1. The quantitative estimate of drug-likeness (QED) is 0.602. The highest BCUT2D eigenvalue weighted by atomic mass is 19.4. The number of hydrogen-bond donors (Lipinski definition) is 1. The van der Waals surface area contributed by atoms with Gasteiger partial charge in [0.15, 0.2) is 0 Å². The first kappa shape index (κ1) is 20.1. The molecule has 0 bridgehead atoms. The number of ether oxygens (including phenoxy) is 1. The van der Waals surface area contributed by atoms with Crippen molar-refractivity contribution < 1.29 is 17.9 Å². The summed E-state index contributed by atoms with van der Waals surface area (Å²) in [4.78, 5) is 6.03. The molecule has 1 aliphatic heterocycles. The Morgan fingerprint density at radius 1 is 1.03 bits per heavy atom. The summed E-state index contributed by atoms with van der Waals surface area (Å²) in [7, 11) is 1.89. The molecule has 2 heterocycles. The van der Waals surface area contributed by atoms with Crippen molar-refractivity contribution >= 4 is 11.4 Å². The molecular formula is C23H22F3N3O. The summed E-state index contributed by atoms with van der Waals surface area (Å²) >= 11 is 0. The number of pyridine rings is 1. The molecule has 1 atom stereocenters. The van der Waals surface area contributed by atoms with Crippen LogP contribution in [-0.2, 0) is 6.18 Å². The van der Waals surface area contributed by atoms with Crippen LogP contribution < -0.4 is 15.0 Å². The van der Waals surface area contributed by atoms with Crippen molar-refractivity contribution in [3.8, 4) is 17.0 Å². The van der Waals surface area contributed by atoms with E-state index in [0.717, 1.165) is 47.7 Å². The Balaban J connectivity index is 1.45. The van der Waals surface area contributed by atoms with E-state index in [-0.39, 0.29) is 12.0 Å². The lowest BCUT2D eigenvalue weighted by molar-refractivity contribution is -0.137. The predicted molar refractivity (Wildman–Crippen MR) is 112 cm³/mol. The van der Waals surface area contributed by atoms with Crippen LogP contribution in [0.4, 0.5) is 24.5 Å². The maximum Gasteiger partial charge on any atom is 0.417 e. The second kappa shape index (κ2) is 8.26. The minimum atomic E-state index is -4.40. The summed E-state index contributed by atoms with van der Waals surface area (Å²) in [6.45, 7) is 1.44. The third-order valence-corrected chi connectivity index (χ3v) is 5.21. The topological polar surface area (TPSA) is 37.4 Å². The van der Waals surface area contributed by atoms with E-state index in [1.54, 1.807) is 0 Å². The molecule has 4 rings (SSSR count). The van der Waals surface area contributed by atoms with Crippen LogP contribution in [0.15, 0.2) is 66.9 Å². The van der Waals surface area contributed by atoms with Gasteiger partial charge >= 0.3 is 6.18 Å². The lowest BCUT2D eigenvalue weighted by Crippen LogP contribution is -2.25. The standard InChI is InChI=1S/C23H22F3N3O/c1-27-20-13-17(16-5-3-2-4-6-16)7-9-21(20)29-12-11-19(15-29)30-22-10-8-18(14-28-22)23(24,25)26/h2-10,13-14,19,27H,11-12,15H2,1H3/t19-/m1/s1. The molecule has 1 aromatic heterocycles. The monoisotopic (exact) mass is 413 g/mol. The van der Waals surface area contributed by atoms with E-state index in [4.69, 9.17) is 4.74 Å². The average molecular weight is 413 g/mol. The van der Waals surface area contributed by atoms with E-state index < -0.39 is 11.7 Å². The maximum absolute atomic E-state index is 12.7. The van der Waals surface area contributed by atoms with E-state index in [9.17, 15) is 13.2 Å². The minimum absolute atomic E-state index is 0.132. The highest BCUT2D eigenvalue weighted by Gasteiger charge is 2.31. The van der Waals surface area contributed by atoms with Crippen LogP contribution in [0, 0.1) is 0 Å². The Morgan fingerprint density at radius 3 is 2.50 bits per heavy atom. The van der Waals surface area contributed by atoms with Crippen molar-refractivity contribution in [1.29, 1.82) is 0 Å².